The summed E-state index contributed by atoms with van der Waals surface area (Å²) in [5, 5.41) is 10.9. The van der Waals surface area contributed by atoms with Crippen LogP contribution in [0, 0.1) is 0 Å². The summed E-state index contributed by atoms with van der Waals surface area (Å²) in [7, 11) is 0. The van der Waals surface area contributed by atoms with E-state index < -0.39 is 0 Å². The minimum Gasteiger partial charge on any atom is -0.494 e. The average molecular weight is 362 g/mol. The van der Waals surface area contributed by atoms with E-state index in [0.717, 1.165) is 23.3 Å². The van der Waals surface area contributed by atoms with E-state index in [-0.39, 0.29) is 5.91 Å². The summed E-state index contributed by atoms with van der Waals surface area (Å²) in [5.74, 6) is 0.416. The number of rotatable bonds is 7. The van der Waals surface area contributed by atoms with Crippen molar-refractivity contribution in [3.63, 3.8) is 0 Å². The number of aryl methyl sites for hydroxylation is 1. The average Bonchev–Trinajstić information content (AvgIpc) is 3.19. The van der Waals surface area contributed by atoms with Gasteiger partial charge in [-0.25, -0.2) is 5.43 Å². The van der Waals surface area contributed by atoms with E-state index in [1.54, 1.807) is 12.3 Å². The Kier molecular flexibility index (Phi) is 5.99. The normalized spacial score (nSPS) is 10.9. The van der Waals surface area contributed by atoms with Crippen LogP contribution in [-0.2, 0) is 6.42 Å². The van der Waals surface area contributed by atoms with Crippen molar-refractivity contribution in [3.05, 3.63) is 71.4 Å². The number of nitrogens with zero attached hydrogens (tertiary/aromatic N) is 2. The van der Waals surface area contributed by atoms with Gasteiger partial charge in [0.1, 0.15) is 11.4 Å². The first kappa shape index (κ1) is 18.4. The van der Waals surface area contributed by atoms with Crippen LogP contribution in [0.15, 0.2) is 59.7 Å². The third kappa shape index (κ3) is 4.82. The minimum absolute atomic E-state index is 0.338. The van der Waals surface area contributed by atoms with E-state index >= 15 is 0 Å². The molecule has 138 valence electrons. The third-order valence-electron chi connectivity index (χ3n) is 4.03. The molecule has 0 bridgehead atoms. The molecule has 0 atom stereocenters. The first-order valence-corrected chi connectivity index (χ1v) is 8.90. The predicted molar refractivity (Wildman–Crippen MR) is 106 cm³/mol. The second kappa shape index (κ2) is 8.80. The van der Waals surface area contributed by atoms with Gasteiger partial charge in [-0.05, 0) is 42.7 Å². The Bertz CT molecular complexity index is 929. The molecule has 6 nitrogen and oxygen atoms in total. The van der Waals surface area contributed by atoms with Crippen molar-refractivity contribution in [1.29, 1.82) is 0 Å². The third-order valence-corrected chi connectivity index (χ3v) is 4.03. The van der Waals surface area contributed by atoms with Gasteiger partial charge < -0.3 is 4.74 Å². The van der Waals surface area contributed by atoms with Crippen LogP contribution in [0.5, 0.6) is 5.75 Å². The predicted octanol–water partition coefficient (Wildman–Crippen LogP) is 3.80. The van der Waals surface area contributed by atoms with Crippen LogP contribution in [0.25, 0.3) is 11.3 Å². The summed E-state index contributed by atoms with van der Waals surface area (Å²) in [6, 6.07) is 17.3. The van der Waals surface area contributed by atoms with Crippen LogP contribution in [0.4, 0.5) is 0 Å². The Labute approximate surface area is 158 Å². The maximum absolute atomic E-state index is 12.2. The smallest absolute Gasteiger partial charge is 0.289 e. The molecule has 0 fully saturated rings. The molecule has 0 aliphatic heterocycles. The molecule has 0 radical (unpaired) electrons. The molecule has 2 aromatic carbocycles. The van der Waals surface area contributed by atoms with Crippen molar-refractivity contribution in [1.82, 2.24) is 15.6 Å². The molecule has 0 unspecified atom stereocenters. The number of H-pyrrole nitrogens is 1. The lowest BCUT2D eigenvalue weighted by Crippen LogP contribution is -2.17. The zero-order chi connectivity index (χ0) is 19.1. The molecule has 6 heteroatoms. The molecule has 1 amide bonds. The molecule has 2 N–H and O–H groups in total. The number of ether oxygens (including phenoxy) is 1. The fraction of sp³-hybridized carbons (Fsp3) is 0.190. The van der Waals surface area contributed by atoms with Gasteiger partial charge in [0, 0.05) is 5.56 Å². The number of hydrogen-bond acceptors (Lipinski definition) is 4. The van der Waals surface area contributed by atoms with Gasteiger partial charge in [-0.3, -0.25) is 9.89 Å². The lowest BCUT2D eigenvalue weighted by molar-refractivity contribution is 0.0950. The maximum atomic E-state index is 12.2. The Hall–Kier alpha value is -3.41. The topological polar surface area (TPSA) is 79.4 Å². The van der Waals surface area contributed by atoms with Gasteiger partial charge in [-0.2, -0.15) is 10.2 Å². The largest absolute Gasteiger partial charge is 0.494 e. The highest BCUT2D eigenvalue weighted by atomic mass is 16.5. The summed E-state index contributed by atoms with van der Waals surface area (Å²) in [6.07, 6.45) is 2.60. The molecule has 1 aromatic heterocycles. The number of hydrogen-bond donors (Lipinski definition) is 2. The van der Waals surface area contributed by atoms with Crippen molar-refractivity contribution >= 4 is 12.1 Å². The van der Waals surface area contributed by atoms with Gasteiger partial charge in [0.25, 0.3) is 5.91 Å². The highest BCUT2D eigenvalue weighted by Gasteiger charge is 2.11. The lowest BCUT2D eigenvalue weighted by Gasteiger charge is -2.03. The highest BCUT2D eigenvalue weighted by molar-refractivity contribution is 5.94. The van der Waals surface area contributed by atoms with Gasteiger partial charge in [0.05, 0.1) is 18.5 Å². The van der Waals surface area contributed by atoms with Crippen LogP contribution < -0.4 is 10.2 Å². The zero-order valence-corrected chi connectivity index (χ0v) is 15.4. The van der Waals surface area contributed by atoms with E-state index in [2.05, 4.69) is 27.6 Å². The number of aromatic amines is 1. The van der Waals surface area contributed by atoms with E-state index in [1.807, 2.05) is 55.5 Å². The molecule has 1 heterocycles. The minimum atomic E-state index is -0.351. The number of amides is 1. The monoisotopic (exact) mass is 362 g/mol. The highest BCUT2D eigenvalue weighted by Crippen LogP contribution is 2.22. The van der Waals surface area contributed by atoms with Gasteiger partial charge in [0.2, 0.25) is 0 Å². The fourth-order valence-corrected chi connectivity index (χ4v) is 2.56. The van der Waals surface area contributed by atoms with Crippen molar-refractivity contribution in [2.75, 3.05) is 6.61 Å². The van der Waals surface area contributed by atoms with Gasteiger partial charge in [-0.1, -0.05) is 43.3 Å². The second-order valence-electron chi connectivity index (χ2n) is 5.92. The van der Waals surface area contributed by atoms with Crippen molar-refractivity contribution in [3.8, 4) is 17.0 Å². The number of carbonyl (C=O) groups excluding carboxylic acids is 1. The van der Waals surface area contributed by atoms with E-state index in [4.69, 9.17) is 4.74 Å². The zero-order valence-electron chi connectivity index (χ0n) is 15.4. The molecule has 0 spiro atoms. The standard InChI is InChI=1S/C21H22N4O2/c1-3-15-8-10-16(11-9-15)14-22-25-21(26)20-13-19(23-24-20)17-6-5-7-18(12-17)27-4-2/h5-14H,3-4H2,1-2H3,(H,23,24)(H,25,26). The number of hydrazone groups is 1. The fourth-order valence-electron chi connectivity index (χ4n) is 2.56. The second-order valence-corrected chi connectivity index (χ2v) is 5.92. The molecule has 3 aromatic rings. The molecule has 0 aliphatic carbocycles. The quantitative estimate of drug-likeness (QED) is 0.495. The van der Waals surface area contributed by atoms with Crippen molar-refractivity contribution in [2.45, 2.75) is 20.3 Å². The molecule has 0 saturated heterocycles. The summed E-state index contributed by atoms with van der Waals surface area (Å²) in [6.45, 7) is 4.63. The molecular weight excluding hydrogens is 340 g/mol. The molecule has 3 rings (SSSR count). The van der Waals surface area contributed by atoms with E-state index in [1.165, 1.54) is 5.56 Å². The Balaban J connectivity index is 1.64. The summed E-state index contributed by atoms with van der Waals surface area (Å²) in [4.78, 5) is 12.2. The molecular formula is C21H22N4O2. The summed E-state index contributed by atoms with van der Waals surface area (Å²) < 4.78 is 5.50. The molecule has 0 saturated carbocycles. The van der Waals surface area contributed by atoms with Crippen molar-refractivity contribution in [2.24, 2.45) is 5.10 Å². The van der Waals surface area contributed by atoms with E-state index in [9.17, 15) is 4.79 Å². The Morgan fingerprint density at radius 3 is 2.74 bits per heavy atom. The number of aromatic nitrogens is 2. The number of carbonyl (C=O) groups is 1. The Morgan fingerprint density at radius 2 is 2.00 bits per heavy atom. The first-order valence-electron chi connectivity index (χ1n) is 8.90. The van der Waals surface area contributed by atoms with Crippen LogP contribution in [0.2, 0.25) is 0 Å². The van der Waals surface area contributed by atoms with Crippen molar-refractivity contribution < 1.29 is 9.53 Å². The first-order chi connectivity index (χ1) is 13.2. The SMILES string of the molecule is CCOc1cccc(-c2cc(C(=O)NN=Cc3ccc(CC)cc3)[nH]n2)c1. The van der Waals surface area contributed by atoms with E-state index in [0.29, 0.717) is 18.0 Å². The number of benzene rings is 2. The summed E-state index contributed by atoms with van der Waals surface area (Å²) >= 11 is 0. The van der Waals surface area contributed by atoms with Gasteiger partial charge in [0.15, 0.2) is 0 Å². The van der Waals surface area contributed by atoms with Crippen LogP contribution in [0.1, 0.15) is 35.5 Å². The Morgan fingerprint density at radius 1 is 1.19 bits per heavy atom. The molecule has 0 aliphatic rings. The summed E-state index contributed by atoms with van der Waals surface area (Å²) in [5.41, 5.74) is 6.56. The van der Waals surface area contributed by atoms with Crippen LogP contribution in [-0.4, -0.2) is 28.9 Å². The van der Waals surface area contributed by atoms with Crippen LogP contribution in [0.3, 0.4) is 0 Å². The maximum Gasteiger partial charge on any atom is 0.289 e. The van der Waals surface area contributed by atoms with Gasteiger partial charge in [-0.15, -0.1) is 0 Å². The lowest BCUT2D eigenvalue weighted by atomic mass is 10.1. The van der Waals surface area contributed by atoms with Gasteiger partial charge >= 0.3 is 0 Å². The number of nitrogens with one attached hydrogen (secondary N) is 2. The van der Waals surface area contributed by atoms with Crippen LogP contribution >= 0.6 is 0 Å². The molecule has 27 heavy (non-hydrogen) atoms.